The zero-order valence-electron chi connectivity index (χ0n) is 8.02. The molecular weight excluding hydrogens is 174 g/mol. The van der Waals surface area contributed by atoms with E-state index < -0.39 is 0 Å². The Morgan fingerprint density at radius 3 is 3.07 bits per heavy atom. The first-order chi connectivity index (χ1) is 6.95. The molecule has 1 aromatic carbocycles. The number of rotatable bonds is 1. The molecule has 0 radical (unpaired) electrons. The third-order valence-electron chi connectivity index (χ3n) is 2.99. The molecule has 1 unspecified atom stereocenters. The van der Waals surface area contributed by atoms with Crippen molar-refractivity contribution in [2.45, 2.75) is 12.5 Å². The second-order valence-electron chi connectivity index (χ2n) is 3.80. The number of hydrogen-bond donors (Lipinski definition) is 0. The molecule has 0 saturated carbocycles. The molecule has 14 heavy (non-hydrogen) atoms. The fourth-order valence-electron chi connectivity index (χ4n) is 2.26. The number of hydrogen-bond acceptors (Lipinski definition) is 2. The molecule has 0 N–H and O–H groups in total. The molecule has 1 atom stereocenters. The lowest BCUT2D eigenvalue weighted by Gasteiger charge is -2.24. The Labute approximate surface area is 83.8 Å². The van der Waals surface area contributed by atoms with Crippen LogP contribution in [0.1, 0.15) is 5.56 Å². The van der Waals surface area contributed by atoms with Crippen LogP contribution < -0.4 is 4.90 Å². The summed E-state index contributed by atoms with van der Waals surface area (Å²) in [5.74, 6) is 0. The topological polar surface area (TPSA) is 12.5 Å². The van der Waals surface area contributed by atoms with Crippen LogP contribution in [-0.4, -0.2) is 19.2 Å². The van der Waals surface area contributed by atoms with Crippen molar-refractivity contribution >= 4 is 5.69 Å². The number of nitrogens with zero attached hydrogens (tertiary/aromatic N) is 1. The van der Waals surface area contributed by atoms with Crippen LogP contribution in [0.15, 0.2) is 36.6 Å². The SMILES string of the molecule is C1=CC(N2CCc3ccccc32)CO1. The number of benzene rings is 1. The van der Waals surface area contributed by atoms with Crippen molar-refractivity contribution in [2.75, 3.05) is 18.1 Å². The summed E-state index contributed by atoms with van der Waals surface area (Å²) in [7, 11) is 0. The van der Waals surface area contributed by atoms with E-state index >= 15 is 0 Å². The normalized spacial score (nSPS) is 23.7. The van der Waals surface area contributed by atoms with Crippen molar-refractivity contribution in [3.05, 3.63) is 42.2 Å². The molecule has 3 rings (SSSR count). The molecule has 0 spiro atoms. The minimum Gasteiger partial charge on any atom is -0.499 e. The summed E-state index contributed by atoms with van der Waals surface area (Å²) in [6.07, 6.45) is 5.12. The summed E-state index contributed by atoms with van der Waals surface area (Å²) in [4.78, 5) is 2.43. The van der Waals surface area contributed by atoms with E-state index in [-0.39, 0.29) is 0 Å². The molecule has 0 aromatic heterocycles. The summed E-state index contributed by atoms with van der Waals surface area (Å²) in [5, 5.41) is 0. The lowest BCUT2D eigenvalue weighted by atomic mass is 10.2. The predicted octanol–water partition coefficient (Wildman–Crippen LogP) is 1.96. The van der Waals surface area contributed by atoms with E-state index in [1.165, 1.54) is 17.7 Å². The quantitative estimate of drug-likeness (QED) is 0.666. The zero-order valence-corrected chi connectivity index (χ0v) is 8.02. The van der Waals surface area contributed by atoms with Crippen molar-refractivity contribution in [3.8, 4) is 0 Å². The molecule has 2 heteroatoms. The van der Waals surface area contributed by atoms with Crippen LogP contribution >= 0.6 is 0 Å². The molecule has 0 aliphatic carbocycles. The monoisotopic (exact) mass is 187 g/mol. The summed E-state index contributed by atoms with van der Waals surface area (Å²) >= 11 is 0. The Kier molecular flexibility index (Phi) is 1.72. The highest BCUT2D eigenvalue weighted by molar-refractivity contribution is 5.59. The van der Waals surface area contributed by atoms with Gasteiger partial charge in [0, 0.05) is 12.2 Å². The summed E-state index contributed by atoms with van der Waals surface area (Å²) < 4.78 is 5.26. The van der Waals surface area contributed by atoms with E-state index in [2.05, 4.69) is 35.2 Å². The fourth-order valence-corrected chi connectivity index (χ4v) is 2.26. The van der Waals surface area contributed by atoms with Crippen molar-refractivity contribution in [1.29, 1.82) is 0 Å². The molecule has 2 aliphatic heterocycles. The first-order valence-corrected chi connectivity index (χ1v) is 5.08. The van der Waals surface area contributed by atoms with Gasteiger partial charge < -0.3 is 9.64 Å². The van der Waals surface area contributed by atoms with E-state index in [4.69, 9.17) is 4.74 Å². The molecule has 72 valence electrons. The molecule has 2 heterocycles. The lowest BCUT2D eigenvalue weighted by molar-refractivity contribution is 0.267. The number of para-hydroxylation sites is 1. The highest BCUT2D eigenvalue weighted by Crippen LogP contribution is 2.30. The standard InChI is InChI=1S/C12H13NO/c1-2-4-12-10(3-1)5-7-13(12)11-6-8-14-9-11/h1-4,6,8,11H,5,7,9H2. The summed E-state index contributed by atoms with van der Waals surface area (Å²) in [6, 6.07) is 9.09. The van der Waals surface area contributed by atoms with Crippen LogP contribution in [0.25, 0.3) is 0 Å². The number of anilines is 1. The van der Waals surface area contributed by atoms with Crippen molar-refractivity contribution < 1.29 is 4.74 Å². The van der Waals surface area contributed by atoms with Gasteiger partial charge >= 0.3 is 0 Å². The largest absolute Gasteiger partial charge is 0.499 e. The molecule has 2 aliphatic rings. The molecule has 0 saturated heterocycles. The van der Waals surface area contributed by atoms with Crippen LogP contribution in [-0.2, 0) is 11.2 Å². The van der Waals surface area contributed by atoms with Crippen LogP contribution in [0.3, 0.4) is 0 Å². The van der Waals surface area contributed by atoms with Crippen LogP contribution in [0.5, 0.6) is 0 Å². The third-order valence-corrected chi connectivity index (χ3v) is 2.99. The first kappa shape index (κ1) is 7.92. The maximum atomic E-state index is 5.26. The van der Waals surface area contributed by atoms with Gasteiger partial charge in [-0.15, -0.1) is 0 Å². The molecule has 1 aromatic rings. The smallest absolute Gasteiger partial charge is 0.111 e. The van der Waals surface area contributed by atoms with Gasteiger partial charge in [-0.25, -0.2) is 0 Å². The molecular formula is C12H13NO. The Balaban J connectivity index is 1.93. The average Bonchev–Trinajstić information content (AvgIpc) is 2.85. The Morgan fingerprint density at radius 2 is 2.21 bits per heavy atom. The van der Waals surface area contributed by atoms with Gasteiger partial charge in [-0.1, -0.05) is 18.2 Å². The van der Waals surface area contributed by atoms with Crippen molar-refractivity contribution in [2.24, 2.45) is 0 Å². The van der Waals surface area contributed by atoms with Gasteiger partial charge in [-0.2, -0.15) is 0 Å². The van der Waals surface area contributed by atoms with Crippen LogP contribution in [0.4, 0.5) is 5.69 Å². The Hall–Kier alpha value is -1.44. The van der Waals surface area contributed by atoms with Crippen molar-refractivity contribution in [1.82, 2.24) is 0 Å². The fraction of sp³-hybridized carbons (Fsp3) is 0.333. The van der Waals surface area contributed by atoms with E-state index in [1.54, 1.807) is 0 Å². The maximum Gasteiger partial charge on any atom is 0.111 e. The second-order valence-corrected chi connectivity index (χ2v) is 3.80. The van der Waals surface area contributed by atoms with Gasteiger partial charge in [0.2, 0.25) is 0 Å². The molecule has 0 amide bonds. The van der Waals surface area contributed by atoms with E-state index in [0.29, 0.717) is 6.04 Å². The number of fused-ring (bicyclic) bond motifs is 1. The predicted molar refractivity (Wildman–Crippen MR) is 56.4 cm³/mol. The van der Waals surface area contributed by atoms with Gasteiger partial charge in [0.1, 0.15) is 6.61 Å². The van der Waals surface area contributed by atoms with Gasteiger partial charge in [0.25, 0.3) is 0 Å². The Bertz CT molecular complexity index is 372. The van der Waals surface area contributed by atoms with Gasteiger partial charge in [-0.05, 0) is 24.1 Å². The highest BCUT2D eigenvalue weighted by Gasteiger charge is 2.25. The Morgan fingerprint density at radius 1 is 1.29 bits per heavy atom. The van der Waals surface area contributed by atoms with E-state index in [1.807, 2.05) is 6.26 Å². The summed E-state index contributed by atoms with van der Waals surface area (Å²) in [6.45, 7) is 1.92. The lowest BCUT2D eigenvalue weighted by Crippen LogP contribution is -2.33. The van der Waals surface area contributed by atoms with Gasteiger partial charge in [0.05, 0.1) is 12.3 Å². The second kappa shape index (κ2) is 3.05. The highest BCUT2D eigenvalue weighted by atomic mass is 16.5. The van der Waals surface area contributed by atoms with E-state index in [0.717, 1.165) is 13.2 Å². The molecule has 0 fully saturated rings. The minimum atomic E-state index is 0.443. The van der Waals surface area contributed by atoms with E-state index in [9.17, 15) is 0 Å². The maximum absolute atomic E-state index is 5.26. The molecule has 0 bridgehead atoms. The van der Waals surface area contributed by atoms with Crippen LogP contribution in [0.2, 0.25) is 0 Å². The van der Waals surface area contributed by atoms with Gasteiger partial charge in [0.15, 0.2) is 0 Å². The first-order valence-electron chi connectivity index (χ1n) is 5.08. The number of ether oxygens (including phenoxy) is 1. The van der Waals surface area contributed by atoms with Crippen molar-refractivity contribution in [3.63, 3.8) is 0 Å². The minimum absolute atomic E-state index is 0.443. The molecule has 2 nitrogen and oxygen atoms in total. The van der Waals surface area contributed by atoms with Crippen LogP contribution in [0, 0.1) is 0 Å². The average molecular weight is 187 g/mol. The third kappa shape index (κ3) is 1.10. The summed E-state index contributed by atoms with van der Waals surface area (Å²) in [5.41, 5.74) is 2.85. The van der Waals surface area contributed by atoms with Gasteiger partial charge in [-0.3, -0.25) is 0 Å². The zero-order chi connectivity index (χ0) is 9.38.